The minimum absolute atomic E-state index is 0.0546. The molecule has 0 unspecified atom stereocenters. The molecule has 0 amide bonds. The fourth-order valence-corrected chi connectivity index (χ4v) is 4.05. The lowest BCUT2D eigenvalue weighted by Crippen LogP contribution is -2.39. The molecule has 0 fully saturated rings. The van der Waals surface area contributed by atoms with Gasteiger partial charge in [0.25, 0.3) is 5.56 Å². The number of nitriles is 1. The third-order valence-corrected chi connectivity index (χ3v) is 5.57. The van der Waals surface area contributed by atoms with Gasteiger partial charge in [-0.25, -0.2) is 9.78 Å². The molecule has 0 aliphatic heterocycles. The molecule has 0 bridgehead atoms. The molecule has 2 aromatic heterocycles. The predicted octanol–water partition coefficient (Wildman–Crippen LogP) is 2.23. The number of benzene rings is 1. The molecule has 0 aliphatic carbocycles. The second-order valence-corrected chi connectivity index (χ2v) is 7.06. The zero-order chi connectivity index (χ0) is 17.3. The largest absolute Gasteiger partial charge is 0.331 e. The maximum atomic E-state index is 12.1. The number of rotatable bonds is 3. The van der Waals surface area contributed by atoms with Gasteiger partial charge in [-0.15, -0.1) is 11.3 Å². The van der Waals surface area contributed by atoms with Crippen LogP contribution in [0.15, 0.2) is 54.7 Å². The number of hydrogen-bond donors (Lipinski definition) is 0. The summed E-state index contributed by atoms with van der Waals surface area (Å²) in [5, 5.41) is 11.5. The van der Waals surface area contributed by atoms with Crippen LogP contribution < -0.4 is 11.2 Å². The highest BCUT2D eigenvalue weighted by Crippen LogP contribution is 2.33. The zero-order valence-corrected chi connectivity index (χ0v) is 14.5. The van der Waals surface area contributed by atoms with Crippen LogP contribution in [-0.2, 0) is 14.1 Å². The fraction of sp³-hybridized carbons (Fsp3) is 0.125. The Morgan fingerprint density at radius 2 is 1.88 bits per heavy atom. The number of nitrogens with zero attached hydrogens (tertiary/aromatic N) is 4. The van der Waals surface area contributed by atoms with Crippen LogP contribution in [0.4, 0.5) is 0 Å². The van der Waals surface area contributed by atoms with Crippen molar-refractivity contribution in [2.75, 3.05) is 0 Å². The van der Waals surface area contributed by atoms with Crippen LogP contribution in [0, 0.1) is 11.3 Å². The quantitative estimate of drug-likeness (QED) is 0.672. The Labute approximate surface area is 145 Å². The molecule has 6 nitrogen and oxygen atoms in total. The molecule has 0 saturated carbocycles. The summed E-state index contributed by atoms with van der Waals surface area (Å²) in [7, 11) is 2.90. The topological polar surface area (TPSA) is 80.7 Å². The third-order valence-electron chi connectivity index (χ3n) is 3.46. The van der Waals surface area contributed by atoms with Crippen molar-refractivity contribution < 1.29 is 0 Å². The van der Waals surface area contributed by atoms with E-state index >= 15 is 0 Å². The van der Waals surface area contributed by atoms with E-state index in [1.165, 1.54) is 30.0 Å². The average molecular weight is 356 g/mol. The number of hydrogen-bond acceptors (Lipinski definition) is 6. The van der Waals surface area contributed by atoms with Gasteiger partial charge in [-0.05, 0) is 11.8 Å². The van der Waals surface area contributed by atoms with Crippen molar-refractivity contribution in [1.82, 2.24) is 14.1 Å². The summed E-state index contributed by atoms with van der Waals surface area (Å²) >= 11 is 2.55. The summed E-state index contributed by atoms with van der Waals surface area (Å²) in [5.74, 6) is 0. The summed E-state index contributed by atoms with van der Waals surface area (Å²) in [6.07, 6.45) is 0. The first-order chi connectivity index (χ1) is 11.5. The monoisotopic (exact) mass is 356 g/mol. The van der Waals surface area contributed by atoms with Gasteiger partial charge in [0, 0.05) is 25.0 Å². The summed E-state index contributed by atoms with van der Waals surface area (Å²) < 4.78 is 2.89. The summed E-state index contributed by atoms with van der Waals surface area (Å²) in [4.78, 5) is 28.7. The SMILES string of the molecule is Cn1c(Sc2nc(-c3ccccc3)cs2)c(C#N)c(=O)n(C)c1=O. The normalized spacial score (nSPS) is 10.5. The standard InChI is InChI=1S/C16H12N4O2S2/c1-19-13(21)11(8-17)14(20(2)16(19)22)24-15-18-12(9-23-15)10-6-4-3-5-7-10/h3-7,9H,1-2H3. The highest BCUT2D eigenvalue weighted by molar-refractivity contribution is 8.01. The molecule has 0 atom stereocenters. The van der Waals surface area contributed by atoms with E-state index in [0.29, 0.717) is 9.37 Å². The maximum Gasteiger partial charge on any atom is 0.331 e. The Kier molecular flexibility index (Phi) is 4.38. The van der Waals surface area contributed by atoms with E-state index in [1.54, 1.807) is 0 Å². The molecule has 0 radical (unpaired) electrons. The molecular weight excluding hydrogens is 344 g/mol. The van der Waals surface area contributed by atoms with Gasteiger partial charge in [0.05, 0.1) is 5.69 Å². The van der Waals surface area contributed by atoms with E-state index in [-0.39, 0.29) is 5.56 Å². The molecule has 0 N–H and O–H groups in total. The van der Waals surface area contributed by atoms with E-state index in [9.17, 15) is 14.9 Å². The maximum absolute atomic E-state index is 12.1. The van der Waals surface area contributed by atoms with Crippen LogP contribution in [0.5, 0.6) is 0 Å². The van der Waals surface area contributed by atoms with Crippen molar-refractivity contribution in [2.45, 2.75) is 9.37 Å². The van der Waals surface area contributed by atoms with Crippen molar-refractivity contribution in [3.8, 4) is 17.3 Å². The first-order valence-electron chi connectivity index (χ1n) is 6.92. The van der Waals surface area contributed by atoms with E-state index in [4.69, 9.17) is 0 Å². The lowest BCUT2D eigenvalue weighted by atomic mass is 10.2. The van der Waals surface area contributed by atoms with E-state index in [0.717, 1.165) is 27.6 Å². The van der Waals surface area contributed by atoms with Crippen LogP contribution in [0.3, 0.4) is 0 Å². The van der Waals surface area contributed by atoms with Crippen molar-refractivity contribution in [3.63, 3.8) is 0 Å². The van der Waals surface area contributed by atoms with Crippen LogP contribution in [-0.4, -0.2) is 14.1 Å². The van der Waals surface area contributed by atoms with Gasteiger partial charge in [0.1, 0.15) is 16.7 Å². The molecule has 24 heavy (non-hydrogen) atoms. The van der Waals surface area contributed by atoms with Crippen LogP contribution in [0.1, 0.15) is 5.56 Å². The fourth-order valence-electron chi connectivity index (χ4n) is 2.17. The molecule has 8 heteroatoms. The molecule has 3 aromatic rings. The zero-order valence-electron chi connectivity index (χ0n) is 12.9. The Balaban J connectivity index is 2.05. The highest BCUT2D eigenvalue weighted by atomic mass is 32.2. The lowest BCUT2D eigenvalue weighted by molar-refractivity contribution is 0.631. The molecule has 1 aromatic carbocycles. The van der Waals surface area contributed by atoms with E-state index in [2.05, 4.69) is 4.98 Å². The number of thiazole rings is 1. The van der Waals surface area contributed by atoms with Crippen LogP contribution in [0.25, 0.3) is 11.3 Å². The Morgan fingerprint density at radius 3 is 2.54 bits per heavy atom. The van der Waals surface area contributed by atoms with Crippen molar-refractivity contribution >= 4 is 23.1 Å². The van der Waals surface area contributed by atoms with Crippen molar-refractivity contribution in [1.29, 1.82) is 5.26 Å². The predicted molar refractivity (Wildman–Crippen MR) is 93.3 cm³/mol. The summed E-state index contributed by atoms with van der Waals surface area (Å²) in [5.41, 5.74) is 0.680. The first kappa shape index (κ1) is 16.2. The molecule has 0 aliphatic rings. The minimum Gasteiger partial charge on any atom is -0.290 e. The molecule has 0 spiro atoms. The lowest BCUT2D eigenvalue weighted by Gasteiger charge is -2.09. The Bertz CT molecular complexity index is 1060. The van der Waals surface area contributed by atoms with Gasteiger partial charge in [0.2, 0.25) is 0 Å². The molecule has 3 rings (SSSR count). The van der Waals surface area contributed by atoms with Crippen LogP contribution in [0.2, 0.25) is 0 Å². The molecular formula is C16H12N4O2S2. The second kappa shape index (κ2) is 6.47. The van der Waals surface area contributed by atoms with Gasteiger partial charge < -0.3 is 0 Å². The minimum atomic E-state index is -0.595. The van der Waals surface area contributed by atoms with Gasteiger partial charge in [-0.2, -0.15) is 5.26 Å². The number of aromatic nitrogens is 3. The van der Waals surface area contributed by atoms with E-state index < -0.39 is 11.2 Å². The smallest absolute Gasteiger partial charge is 0.290 e. The van der Waals surface area contributed by atoms with Gasteiger partial charge in [0.15, 0.2) is 4.34 Å². The Morgan fingerprint density at radius 1 is 1.17 bits per heavy atom. The second-order valence-electron chi connectivity index (χ2n) is 4.96. The molecule has 2 heterocycles. The summed E-state index contributed by atoms with van der Waals surface area (Å²) in [6, 6.07) is 11.6. The van der Waals surface area contributed by atoms with Crippen LogP contribution >= 0.6 is 23.1 Å². The van der Waals surface area contributed by atoms with E-state index in [1.807, 2.05) is 41.8 Å². The third kappa shape index (κ3) is 2.79. The molecule has 0 saturated heterocycles. The highest BCUT2D eigenvalue weighted by Gasteiger charge is 2.18. The summed E-state index contributed by atoms with van der Waals surface area (Å²) in [6.45, 7) is 0. The van der Waals surface area contributed by atoms with Crippen molar-refractivity contribution in [3.05, 3.63) is 62.1 Å². The average Bonchev–Trinajstić information content (AvgIpc) is 3.07. The first-order valence-corrected chi connectivity index (χ1v) is 8.61. The van der Waals surface area contributed by atoms with Crippen molar-refractivity contribution in [2.24, 2.45) is 14.1 Å². The molecule has 120 valence electrons. The van der Waals surface area contributed by atoms with Gasteiger partial charge >= 0.3 is 5.69 Å². The van der Waals surface area contributed by atoms with Gasteiger partial charge in [-0.1, -0.05) is 30.3 Å². The van der Waals surface area contributed by atoms with Gasteiger partial charge in [-0.3, -0.25) is 13.9 Å². The Hall–Kier alpha value is -2.63.